The van der Waals surface area contributed by atoms with E-state index in [2.05, 4.69) is 10.6 Å². The Morgan fingerprint density at radius 1 is 1.08 bits per heavy atom. The lowest BCUT2D eigenvalue weighted by Gasteiger charge is -2.23. The molecule has 0 radical (unpaired) electrons. The fourth-order valence-corrected chi connectivity index (χ4v) is 4.33. The average molecular weight is 374 g/mol. The normalized spacial score (nSPS) is 17.6. The summed E-state index contributed by atoms with van der Waals surface area (Å²) in [5.74, 6) is -0.265. The van der Waals surface area contributed by atoms with Gasteiger partial charge in [-0.15, -0.1) is 0 Å². The third kappa shape index (κ3) is 5.39. The molecule has 7 heteroatoms. The summed E-state index contributed by atoms with van der Waals surface area (Å²) in [6.07, 6.45) is 0. The van der Waals surface area contributed by atoms with Gasteiger partial charge < -0.3 is 15.4 Å². The van der Waals surface area contributed by atoms with Crippen LogP contribution in [-0.4, -0.2) is 40.1 Å². The minimum absolute atomic E-state index is 0.00619. The van der Waals surface area contributed by atoms with E-state index in [1.165, 1.54) is 0 Å². The van der Waals surface area contributed by atoms with Crippen LogP contribution in [0.5, 0.6) is 0 Å². The number of morpholine rings is 1. The van der Waals surface area contributed by atoms with Crippen LogP contribution in [0.25, 0.3) is 0 Å². The van der Waals surface area contributed by atoms with Gasteiger partial charge in [-0.25, -0.2) is 8.42 Å². The Labute approximate surface area is 153 Å². The molecule has 1 atom stereocenters. The smallest absolute Gasteiger partial charge is 0.243 e. The number of benzene rings is 2. The van der Waals surface area contributed by atoms with Crippen molar-refractivity contribution in [1.82, 2.24) is 5.32 Å². The third-order valence-electron chi connectivity index (χ3n) is 4.05. The first-order valence-electron chi connectivity index (χ1n) is 8.47. The van der Waals surface area contributed by atoms with E-state index >= 15 is 0 Å². The first kappa shape index (κ1) is 18.6. The van der Waals surface area contributed by atoms with Gasteiger partial charge in [0, 0.05) is 12.2 Å². The summed E-state index contributed by atoms with van der Waals surface area (Å²) in [5.41, 5.74) is 1.99. The van der Waals surface area contributed by atoms with E-state index in [0.29, 0.717) is 31.0 Å². The topological polar surface area (TPSA) is 84.5 Å². The van der Waals surface area contributed by atoms with Gasteiger partial charge in [-0.1, -0.05) is 42.5 Å². The van der Waals surface area contributed by atoms with Crippen molar-refractivity contribution in [2.24, 2.45) is 0 Å². The highest BCUT2D eigenvalue weighted by Gasteiger charge is 2.21. The average Bonchev–Trinajstić information content (AvgIpc) is 2.62. The Morgan fingerprint density at radius 3 is 2.54 bits per heavy atom. The number of ether oxygens (including phenoxy) is 1. The Morgan fingerprint density at radius 2 is 1.81 bits per heavy atom. The zero-order valence-electron chi connectivity index (χ0n) is 14.4. The fourth-order valence-electron chi connectivity index (χ4n) is 2.84. The summed E-state index contributed by atoms with van der Waals surface area (Å²) in [4.78, 5) is 12.2. The number of amides is 1. The van der Waals surface area contributed by atoms with Gasteiger partial charge in [0.1, 0.15) is 6.04 Å². The zero-order valence-corrected chi connectivity index (χ0v) is 15.2. The Balaban J connectivity index is 1.64. The van der Waals surface area contributed by atoms with Crippen LogP contribution in [0.4, 0.5) is 5.69 Å². The van der Waals surface area contributed by atoms with Crippen molar-refractivity contribution in [3.05, 3.63) is 65.7 Å². The lowest BCUT2D eigenvalue weighted by Crippen LogP contribution is -2.48. The molecular weight excluding hydrogens is 352 g/mol. The van der Waals surface area contributed by atoms with E-state index in [0.717, 1.165) is 5.56 Å². The summed E-state index contributed by atoms with van der Waals surface area (Å²) < 4.78 is 30.2. The number of anilines is 1. The predicted octanol–water partition coefficient (Wildman–Crippen LogP) is 1.73. The molecule has 2 aromatic carbocycles. The van der Waals surface area contributed by atoms with Gasteiger partial charge in [0.25, 0.3) is 0 Å². The van der Waals surface area contributed by atoms with Crippen LogP contribution in [0.3, 0.4) is 0 Å². The quantitative estimate of drug-likeness (QED) is 0.804. The van der Waals surface area contributed by atoms with Crippen LogP contribution in [0.15, 0.2) is 54.6 Å². The highest BCUT2D eigenvalue weighted by atomic mass is 32.2. The molecule has 1 heterocycles. The van der Waals surface area contributed by atoms with Crippen LogP contribution < -0.4 is 10.6 Å². The van der Waals surface area contributed by atoms with Crippen LogP contribution in [0, 0.1) is 0 Å². The number of sulfone groups is 1. The minimum Gasteiger partial charge on any atom is -0.378 e. The molecule has 1 aliphatic heterocycles. The maximum Gasteiger partial charge on any atom is 0.243 e. The number of carbonyl (C=O) groups excluding carboxylic acids is 1. The molecule has 0 spiro atoms. The van der Waals surface area contributed by atoms with E-state index in [1.54, 1.807) is 36.4 Å². The van der Waals surface area contributed by atoms with Crippen molar-refractivity contribution >= 4 is 21.4 Å². The number of rotatable bonds is 6. The summed E-state index contributed by atoms with van der Waals surface area (Å²) in [5, 5.41) is 5.90. The molecular formula is C19H22N2O4S. The Kier molecular flexibility index (Phi) is 6.03. The maximum atomic E-state index is 12.4. The van der Waals surface area contributed by atoms with Gasteiger partial charge >= 0.3 is 0 Å². The second-order valence-electron chi connectivity index (χ2n) is 6.29. The molecule has 3 rings (SSSR count). The number of carbonyl (C=O) groups is 1. The standard InChI is InChI=1S/C19H22N2O4S/c22-19(18-12-25-10-9-20-18)21-17-8-4-7-16(11-17)14-26(23,24)13-15-5-2-1-3-6-15/h1-8,11,18,20H,9-10,12-14H2,(H,21,22). The largest absolute Gasteiger partial charge is 0.378 e. The van der Waals surface area contributed by atoms with Crippen LogP contribution in [-0.2, 0) is 30.9 Å². The molecule has 1 saturated heterocycles. The first-order valence-corrected chi connectivity index (χ1v) is 10.3. The molecule has 2 N–H and O–H groups in total. The van der Waals surface area contributed by atoms with E-state index in [1.807, 2.05) is 18.2 Å². The van der Waals surface area contributed by atoms with Crippen molar-refractivity contribution in [3.63, 3.8) is 0 Å². The van der Waals surface area contributed by atoms with Crippen LogP contribution in [0.1, 0.15) is 11.1 Å². The van der Waals surface area contributed by atoms with Crippen LogP contribution in [0.2, 0.25) is 0 Å². The van der Waals surface area contributed by atoms with Gasteiger partial charge in [0.15, 0.2) is 9.84 Å². The molecule has 6 nitrogen and oxygen atoms in total. The molecule has 1 fully saturated rings. The third-order valence-corrected chi connectivity index (χ3v) is 5.59. The number of nitrogens with one attached hydrogen (secondary N) is 2. The molecule has 1 aliphatic rings. The monoisotopic (exact) mass is 374 g/mol. The van der Waals surface area contributed by atoms with Crippen molar-refractivity contribution < 1.29 is 17.9 Å². The second kappa shape index (κ2) is 8.44. The van der Waals surface area contributed by atoms with Gasteiger partial charge in [-0.05, 0) is 23.3 Å². The lowest BCUT2D eigenvalue weighted by molar-refractivity contribution is -0.120. The Bertz CT molecular complexity index is 847. The van der Waals surface area contributed by atoms with Gasteiger partial charge in [-0.2, -0.15) is 0 Å². The van der Waals surface area contributed by atoms with Crippen molar-refractivity contribution in [2.75, 3.05) is 25.1 Å². The van der Waals surface area contributed by atoms with Gasteiger partial charge in [-0.3, -0.25) is 4.79 Å². The Hall–Kier alpha value is -2.22. The van der Waals surface area contributed by atoms with E-state index in [9.17, 15) is 13.2 Å². The highest BCUT2D eigenvalue weighted by molar-refractivity contribution is 7.89. The molecule has 0 aromatic heterocycles. The number of hydrogen-bond donors (Lipinski definition) is 2. The van der Waals surface area contributed by atoms with Crippen LogP contribution >= 0.6 is 0 Å². The maximum absolute atomic E-state index is 12.4. The second-order valence-corrected chi connectivity index (χ2v) is 8.35. The van der Waals surface area contributed by atoms with Crippen molar-refractivity contribution in [1.29, 1.82) is 0 Å². The van der Waals surface area contributed by atoms with Gasteiger partial charge in [0.05, 0.1) is 24.7 Å². The summed E-state index contributed by atoms with van der Waals surface area (Å²) in [7, 11) is -3.30. The van der Waals surface area contributed by atoms with Crippen molar-refractivity contribution in [2.45, 2.75) is 17.5 Å². The molecule has 1 amide bonds. The number of hydrogen-bond acceptors (Lipinski definition) is 5. The minimum atomic E-state index is -3.30. The van der Waals surface area contributed by atoms with E-state index < -0.39 is 15.9 Å². The lowest BCUT2D eigenvalue weighted by atomic mass is 10.2. The van der Waals surface area contributed by atoms with E-state index in [-0.39, 0.29) is 17.4 Å². The molecule has 0 aliphatic carbocycles. The fraction of sp³-hybridized carbons (Fsp3) is 0.316. The molecule has 0 bridgehead atoms. The SMILES string of the molecule is O=C(Nc1cccc(CS(=O)(=O)Cc2ccccc2)c1)C1COCCN1. The summed E-state index contributed by atoms with van der Waals surface area (Å²) >= 11 is 0. The zero-order chi connectivity index (χ0) is 18.4. The molecule has 26 heavy (non-hydrogen) atoms. The molecule has 2 aromatic rings. The highest BCUT2D eigenvalue weighted by Crippen LogP contribution is 2.16. The van der Waals surface area contributed by atoms with Crippen molar-refractivity contribution in [3.8, 4) is 0 Å². The first-order chi connectivity index (χ1) is 12.5. The summed E-state index contributed by atoms with van der Waals surface area (Å²) in [6.45, 7) is 1.56. The molecule has 0 saturated carbocycles. The molecule has 138 valence electrons. The predicted molar refractivity (Wildman–Crippen MR) is 100 cm³/mol. The van der Waals surface area contributed by atoms with E-state index in [4.69, 9.17) is 4.74 Å². The van der Waals surface area contributed by atoms with Gasteiger partial charge in [0.2, 0.25) is 5.91 Å². The molecule has 1 unspecified atom stereocenters. The summed E-state index contributed by atoms with van der Waals surface area (Å²) in [6, 6.07) is 15.6.